The average Bonchev–Trinajstić information content (AvgIpc) is 2.36. The van der Waals surface area contributed by atoms with Crippen LogP contribution in [0.3, 0.4) is 0 Å². The number of carbonyl (C=O) groups excluding carboxylic acids is 2. The predicted octanol–water partition coefficient (Wildman–Crippen LogP) is 0.725. The number of para-hydroxylation sites is 1. The van der Waals surface area contributed by atoms with E-state index in [4.69, 9.17) is 5.73 Å². The summed E-state index contributed by atoms with van der Waals surface area (Å²) in [5.74, 6) is -0.541. The number of nitrogens with two attached hydrogens (primary N) is 1. The summed E-state index contributed by atoms with van der Waals surface area (Å²) in [6.45, 7) is 3.64. The van der Waals surface area contributed by atoms with Crippen molar-refractivity contribution in [3.8, 4) is 0 Å². The van der Waals surface area contributed by atoms with Crippen molar-refractivity contribution in [1.82, 2.24) is 5.32 Å². The van der Waals surface area contributed by atoms with Crippen LogP contribution in [0.1, 0.15) is 13.8 Å². The van der Waals surface area contributed by atoms with Gasteiger partial charge < -0.3 is 16.4 Å². The third kappa shape index (κ3) is 4.55. The number of hydrogen-bond acceptors (Lipinski definition) is 3. The summed E-state index contributed by atoms with van der Waals surface area (Å²) < 4.78 is 0. The Balaban J connectivity index is 2.36. The highest BCUT2D eigenvalue weighted by atomic mass is 16.2. The second kappa shape index (κ2) is 6.76. The van der Waals surface area contributed by atoms with Gasteiger partial charge in [0.2, 0.25) is 11.8 Å². The molecule has 18 heavy (non-hydrogen) atoms. The standard InChI is InChI=1S/C13H19N3O2/c1-9(2)12(14)13(18)15-8-11(17)16-10-6-4-3-5-7-10/h3-7,9,12H,8,14H2,1-2H3,(H,15,18)(H,16,17)/t12-/m0/s1. The first-order valence-electron chi connectivity index (χ1n) is 5.89. The average molecular weight is 249 g/mol. The Hall–Kier alpha value is -1.88. The molecule has 5 nitrogen and oxygen atoms in total. The van der Waals surface area contributed by atoms with Crippen LogP contribution >= 0.6 is 0 Å². The third-order valence-electron chi connectivity index (χ3n) is 2.50. The number of hydrogen-bond donors (Lipinski definition) is 3. The van der Waals surface area contributed by atoms with Crippen molar-refractivity contribution in [2.75, 3.05) is 11.9 Å². The summed E-state index contributed by atoms with van der Waals surface area (Å²) >= 11 is 0. The fraction of sp³-hybridized carbons (Fsp3) is 0.385. The molecule has 1 aromatic carbocycles. The topological polar surface area (TPSA) is 84.2 Å². The second-order valence-corrected chi connectivity index (χ2v) is 4.40. The molecule has 0 saturated carbocycles. The van der Waals surface area contributed by atoms with Crippen LogP contribution < -0.4 is 16.4 Å². The predicted molar refractivity (Wildman–Crippen MR) is 70.9 cm³/mol. The highest BCUT2D eigenvalue weighted by Crippen LogP contribution is 2.04. The Labute approximate surface area is 107 Å². The molecule has 98 valence electrons. The molecule has 4 N–H and O–H groups in total. The maximum absolute atomic E-state index is 11.5. The lowest BCUT2D eigenvalue weighted by atomic mass is 10.1. The van der Waals surface area contributed by atoms with Gasteiger partial charge >= 0.3 is 0 Å². The summed E-state index contributed by atoms with van der Waals surface area (Å²) in [6, 6.07) is 8.47. The summed E-state index contributed by atoms with van der Waals surface area (Å²) in [5.41, 5.74) is 6.35. The number of anilines is 1. The van der Waals surface area contributed by atoms with Crippen LogP contribution in [-0.2, 0) is 9.59 Å². The van der Waals surface area contributed by atoms with Gasteiger partial charge in [0.15, 0.2) is 0 Å². The van der Waals surface area contributed by atoms with E-state index < -0.39 is 6.04 Å². The Bertz CT molecular complexity index is 404. The summed E-state index contributed by atoms with van der Waals surface area (Å²) in [5, 5.41) is 5.18. The van der Waals surface area contributed by atoms with Crippen LogP contribution in [0.4, 0.5) is 5.69 Å². The van der Waals surface area contributed by atoms with Gasteiger partial charge in [-0.2, -0.15) is 0 Å². The fourth-order valence-electron chi connectivity index (χ4n) is 1.31. The van der Waals surface area contributed by atoms with Gasteiger partial charge in [-0.05, 0) is 18.1 Å². The Morgan fingerprint density at radius 1 is 1.22 bits per heavy atom. The molecule has 0 aliphatic carbocycles. The van der Waals surface area contributed by atoms with Crippen molar-refractivity contribution in [2.24, 2.45) is 11.7 Å². The maximum Gasteiger partial charge on any atom is 0.243 e. The molecule has 0 heterocycles. The summed E-state index contributed by atoms with van der Waals surface area (Å²) in [6.07, 6.45) is 0. The molecular formula is C13H19N3O2. The molecule has 0 bridgehead atoms. The van der Waals surface area contributed by atoms with Gasteiger partial charge in [0.05, 0.1) is 12.6 Å². The summed E-state index contributed by atoms with van der Waals surface area (Å²) in [7, 11) is 0. The van der Waals surface area contributed by atoms with Gasteiger partial charge in [-0.25, -0.2) is 0 Å². The van der Waals surface area contributed by atoms with Gasteiger partial charge in [-0.1, -0.05) is 32.0 Å². The van der Waals surface area contributed by atoms with E-state index in [2.05, 4.69) is 10.6 Å². The van der Waals surface area contributed by atoms with Crippen LogP contribution in [0.15, 0.2) is 30.3 Å². The monoisotopic (exact) mass is 249 g/mol. The molecule has 0 spiro atoms. The molecule has 0 aliphatic rings. The van der Waals surface area contributed by atoms with Gasteiger partial charge in [-0.3, -0.25) is 9.59 Å². The SMILES string of the molecule is CC(C)[C@H](N)C(=O)NCC(=O)Nc1ccccc1. The number of carbonyl (C=O) groups is 2. The van der Waals surface area contributed by atoms with Crippen molar-refractivity contribution >= 4 is 17.5 Å². The van der Waals surface area contributed by atoms with Gasteiger partial charge in [0.1, 0.15) is 0 Å². The third-order valence-corrected chi connectivity index (χ3v) is 2.50. The molecule has 0 saturated heterocycles. The van der Waals surface area contributed by atoms with Crippen molar-refractivity contribution in [3.63, 3.8) is 0 Å². The fourth-order valence-corrected chi connectivity index (χ4v) is 1.31. The minimum absolute atomic E-state index is 0.0437. The van der Waals surface area contributed by atoms with E-state index in [0.29, 0.717) is 5.69 Å². The second-order valence-electron chi connectivity index (χ2n) is 4.40. The largest absolute Gasteiger partial charge is 0.346 e. The maximum atomic E-state index is 11.5. The number of benzene rings is 1. The molecule has 0 aliphatic heterocycles. The van der Waals surface area contributed by atoms with E-state index >= 15 is 0 Å². The molecule has 0 radical (unpaired) electrons. The minimum Gasteiger partial charge on any atom is -0.346 e. The van der Waals surface area contributed by atoms with Crippen molar-refractivity contribution in [3.05, 3.63) is 30.3 Å². The van der Waals surface area contributed by atoms with E-state index in [1.165, 1.54) is 0 Å². The van der Waals surface area contributed by atoms with E-state index in [1.807, 2.05) is 32.0 Å². The zero-order chi connectivity index (χ0) is 13.5. The van der Waals surface area contributed by atoms with Gasteiger partial charge in [0.25, 0.3) is 0 Å². The lowest BCUT2D eigenvalue weighted by molar-refractivity contribution is -0.125. The number of nitrogens with one attached hydrogen (secondary N) is 2. The van der Waals surface area contributed by atoms with Crippen LogP contribution in [0.25, 0.3) is 0 Å². The lowest BCUT2D eigenvalue weighted by Crippen LogP contribution is -2.46. The van der Waals surface area contributed by atoms with Crippen molar-refractivity contribution in [2.45, 2.75) is 19.9 Å². The molecule has 1 aromatic rings. The lowest BCUT2D eigenvalue weighted by Gasteiger charge is -2.15. The van der Waals surface area contributed by atoms with Crippen LogP contribution in [0.2, 0.25) is 0 Å². The highest BCUT2D eigenvalue weighted by molar-refractivity contribution is 5.95. The van der Waals surface area contributed by atoms with E-state index in [9.17, 15) is 9.59 Å². The van der Waals surface area contributed by atoms with E-state index in [1.54, 1.807) is 12.1 Å². The van der Waals surface area contributed by atoms with Gasteiger partial charge in [0, 0.05) is 5.69 Å². The first-order chi connectivity index (χ1) is 8.50. The Morgan fingerprint density at radius 2 is 1.83 bits per heavy atom. The first-order valence-corrected chi connectivity index (χ1v) is 5.89. The van der Waals surface area contributed by atoms with Crippen LogP contribution in [0.5, 0.6) is 0 Å². The molecule has 2 amide bonds. The molecule has 1 atom stereocenters. The quantitative estimate of drug-likeness (QED) is 0.719. The molecule has 0 fully saturated rings. The Kier molecular flexibility index (Phi) is 5.32. The van der Waals surface area contributed by atoms with E-state index in [-0.39, 0.29) is 24.3 Å². The van der Waals surface area contributed by atoms with Gasteiger partial charge in [-0.15, -0.1) is 0 Å². The minimum atomic E-state index is -0.588. The van der Waals surface area contributed by atoms with Crippen LogP contribution in [-0.4, -0.2) is 24.4 Å². The van der Waals surface area contributed by atoms with Crippen LogP contribution in [0, 0.1) is 5.92 Å². The zero-order valence-electron chi connectivity index (χ0n) is 10.6. The molecule has 5 heteroatoms. The van der Waals surface area contributed by atoms with Crippen molar-refractivity contribution < 1.29 is 9.59 Å². The molecular weight excluding hydrogens is 230 g/mol. The molecule has 1 rings (SSSR count). The number of rotatable bonds is 5. The number of amides is 2. The Morgan fingerprint density at radius 3 is 2.39 bits per heavy atom. The zero-order valence-corrected chi connectivity index (χ0v) is 10.6. The highest BCUT2D eigenvalue weighted by Gasteiger charge is 2.17. The smallest absolute Gasteiger partial charge is 0.243 e. The van der Waals surface area contributed by atoms with E-state index in [0.717, 1.165) is 0 Å². The molecule has 0 unspecified atom stereocenters. The molecule has 0 aromatic heterocycles. The summed E-state index contributed by atoms with van der Waals surface area (Å²) in [4.78, 5) is 23.1. The normalized spacial score (nSPS) is 12.0. The first kappa shape index (κ1) is 14.2. The van der Waals surface area contributed by atoms with Crippen molar-refractivity contribution in [1.29, 1.82) is 0 Å².